The number of benzene rings is 2. The van der Waals surface area contributed by atoms with Crippen molar-refractivity contribution in [3.05, 3.63) is 57.1 Å². The Morgan fingerprint density at radius 2 is 1.74 bits per heavy atom. The van der Waals surface area contributed by atoms with Gasteiger partial charge in [0, 0.05) is 37.8 Å². The van der Waals surface area contributed by atoms with Gasteiger partial charge >= 0.3 is 0 Å². The lowest BCUT2D eigenvalue weighted by molar-refractivity contribution is -0.384. The second-order valence-corrected chi connectivity index (χ2v) is 11.2. The van der Waals surface area contributed by atoms with Gasteiger partial charge in [-0.15, -0.1) is 0 Å². The molecule has 2 heterocycles. The van der Waals surface area contributed by atoms with Crippen LogP contribution in [0.25, 0.3) is 0 Å². The number of ether oxygens (including phenoxy) is 2. The van der Waals surface area contributed by atoms with Gasteiger partial charge in [0.15, 0.2) is 5.11 Å². The maximum absolute atomic E-state index is 13.3. The van der Waals surface area contributed by atoms with Crippen LogP contribution in [0, 0.1) is 10.1 Å². The molecule has 0 amide bonds. The summed E-state index contributed by atoms with van der Waals surface area (Å²) in [6.45, 7) is 5.29. The van der Waals surface area contributed by atoms with Crippen molar-refractivity contribution >= 4 is 61.7 Å². The van der Waals surface area contributed by atoms with Gasteiger partial charge < -0.3 is 19.7 Å². The third kappa shape index (κ3) is 6.57. The summed E-state index contributed by atoms with van der Waals surface area (Å²) in [5.41, 5.74) is 4.69. The van der Waals surface area contributed by atoms with Gasteiger partial charge in [-0.1, -0.05) is 17.7 Å². The van der Waals surface area contributed by atoms with Crippen LogP contribution in [0.15, 0.2) is 46.4 Å². The Hall–Kier alpha value is -2.88. The molecule has 4 rings (SSSR count). The Morgan fingerprint density at radius 3 is 2.39 bits per heavy atom. The number of nitro benzene ring substituents is 1. The molecule has 2 aromatic carbocycles. The van der Waals surface area contributed by atoms with Crippen molar-refractivity contribution in [3.8, 4) is 0 Å². The lowest BCUT2D eigenvalue weighted by atomic mass is 10.1. The van der Waals surface area contributed by atoms with E-state index in [0.29, 0.717) is 56.5 Å². The maximum Gasteiger partial charge on any atom is 0.288 e. The largest absolute Gasteiger partial charge is 0.379 e. The van der Waals surface area contributed by atoms with Gasteiger partial charge in [0.1, 0.15) is 5.02 Å². The Morgan fingerprint density at radius 1 is 1.08 bits per heavy atom. The predicted molar refractivity (Wildman–Crippen MR) is 149 cm³/mol. The van der Waals surface area contributed by atoms with Crippen LogP contribution >= 0.6 is 23.8 Å². The summed E-state index contributed by atoms with van der Waals surface area (Å²) in [7, 11) is -3.73. The molecule has 0 aromatic heterocycles. The number of nitrogens with zero attached hydrogens (tertiary/aromatic N) is 4. The number of sulfonamides is 1. The zero-order valence-corrected chi connectivity index (χ0v) is 22.9. The van der Waals surface area contributed by atoms with E-state index < -0.39 is 14.9 Å². The summed E-state index contributed by atoms with van der Waals surface area (Å²) in [5.74, 6) is 0. The van der Waals surface area contributed by atoms with Crippen LogP contribution in [-0.4, -0.2) is 81.1 Å². The second kappa shape index (κ2) is 12.3. The van der Waals surface area contributed by atoms with Crippen LogP contribution in [-0.2, 0) is 19.5 Å². The Kier molecular flexibility index (Phi) is 9.12. The van der Waals surface area contributed by atoms with E-state index in [1.54, 1.807) is 31.2 Å². The number of anilines is 2. The van der Waals surface area contributed by atoms with E-state index in [0.717, 1.165) is 5.69 Å². The topological polar surface area (TPSA) is 139 Å². The van der Waals surface area contributed by atoms with Crippen molar-refractivity contribution in [3.63, 3.8) is 0 Å². The fourth-order valence-corrected chi connectivity index (χ4v) is 5.80. The molecule has 204 valence electrons. The number of rotatable bonds is 7. The van der Waals surface area contributed by atoms with Crippen molar-refractivity contribution in [2.45, 2.75) is 11.8 Å². The molecule has 2 fully saturated rings. The molecule has 0 aliphatic carbocycles. The minimum atomic E-state index is -3.73. The van der Waals surface area contributed by atoms with E-state index in [1.165, 1.54) is 16.4 Å². The van der Waals surface area contributed by atoms with Gasteiger partial charge in [0.05, 0.1) is 53.3 Å². The summed E-state index contributed by atoms with van der Waals surface area (Å²) in [5, 5.41) is 18.6. The standard InChI is InChI=1S/C23H27ClN6O6S2/c1-16(17-2-4-19(24)22(14-17)30(31)32)26-27-23(37)25-20-15-18(38(33,34)29-8-12-36-13-9-29)3-5-21(20)28-6-10-35-11-7-28/h2-5,14-15H,6-13H2,1H3,(H2,25,27,37)/b26-16-. The molecule has 2 aliphatic heterocycles. The molecule has 2 saturated heterocycles. The van der Waals surface area contributed by atoms with E-state index in [-0.39, 0.29) is 33.8 Å². The Labute approximate surface area is 230 Å². The number of halogens is 1. The summed E-state index contributed by atoms with van der Waals surface area (Å²) in [4.78, 5) is 12.9. The lowest BCUT2D eigenvalue weighted by Crippen LogP contribution is -2.40. The Bertz CT molecular complexity index is 1340. The minimum Gasteiger partial charge on any atom is -0.379 e. The van der Waals surface area contributed by atoms with Gasteiger partial charge in [-0.2, -0.15) is 9.41 Å². The van der Waals surface area contributed by atoms with Gasteiger partial charge in [-0.3, -0.25) is 15.5 Å². The number of thiocarbonyl (C=S) groups is 1. The molecule has 2 aromatic rings. The molecule has 0 saturated carbocycles. The molecule has 0 spiro atoms. The summed E-state index contributed by atoms with van der Waals surface area (Å²) in [6, 6.07) is 9.28. The van der Waals surface area contributed by atoms with Crippen molar-refractivity contribution in [1.29, 1.82) is 0 Å². The monoisotopic (exact) mass is 582 g/mol. The van der Waals surface area contributed by atoms with E-state index in [4.69, 9.17) is 33.3 Å². The number of nitro groups is 1. The predicted octanol–water partition coefficient (Wildman–Crippen LogP) is 2.82. The second-order valence-electron chi connectivity index (χ2n) is 8.48. The van der Waals surface area contributed by atoms with E-state index in [1.807, 2.05) is 0 Å². The van der Waals surface area contributed by atoms with E-state index >= 15 is 0 Å². The highest BCUT2D eigenvalue weighted by molar-refractivity contribution is 7.89. The van der Waals surface area contributed by atoms with E-state index in [9.17, 15) is 18.5 Å². The first-order chi connectivity index (χ1) is 18.2. The summed E-state index contributed by atoms with van der Waals surface area (Å²) < 4.78 is 38.7. The summed E-state index contributed by atoms with van der Waals surface area (Å²) in [6.07, 6.45) is 0. The SMILES string of the molecule is C/C(=N/NC(=S)Nc1cc(S(=O)(=O)N2CCOCC2)ccc1N1CCOCC1)c1ccc(Cl)c([N+](=O)[O-])c1. The molecule has 0 radical (unpaired) electrons. The number of morpholine rings is 2. The highest BCUT2D eigenvalue weighted by Gasteiger charge is 2.28. The molecule has 15 heteroatoms. The van der Waals surface area contributed by atoms with Crippen molar-refractivity contribution in [1.82, 2.24) is 9.73 Å². The molecule has 0 atom stereocenters. The van der Waals surface area contributed by atoms with Crippen LogP contribution in [0.5, 0.6) is 0 Å². The van der Waals surface area contributed by atoms with E-state index in [2.05, 4.69) is 20.7 Å². The Balaban J connectivity index is 1.57. The lowest BCUT2D eigenvalue weighted by Gasteiger charge is -2.31. The number of hydrazone groups is 1. The minimum absolute atomic E-state index is 0.0271. The first-order valence-corrected chi connectivity index (χ1v) is 14.0. The number of nitrogens with one attached hydrogen (secondary N) is 2. The average Bonchev–Trinajstić information content (AvgIpc) is 2.92. The normalized spacial score (nSPS) is 17.2. The van der Waals surface area contributed by atoms with Gasteiger partial charge in [-0.25, -0.2) is 8.42 Å². The molecular formula is C23H27ClN6O6S2. The van der Waals surface area contributed by atoms with Crippen LogP contribution in [0.1, 0.15) is 12.5 Å². The first kappa shape index (κ1) is 28.1. The van der Waals surface area contributed by atoms with Crippen molar-refractivity contribution < 1.29 is 22.8 Å². The maximum atomic E-state index is 13.3. The fourth-order valence-electron chi connectivity index (χ4n) is 4.02. The smallest absolute Gasteiger partial charge is 0.288 e. The third-order valence-corrected chi connectivity index (χ3v) is 8.47. The number of hydrogen-bond donors (Lipinski definition) is 2. The van der Waals surface area contributed by atoms with Crippen LogP contribution in [0.4, 0.5) is 17.1 Å². The molecule has 2 aliphatic rings. The highest BCUT2D eigenvalue weighted by atomic mass is 35.5. The van der Waals surface area contributed by atoms with Crippen molar-refractivity contribution in [2.75, 3.05) is 62.8 Å². The van der Waals surface area contributed by atoms with Crippen LogP contribution < -0.4 is 15.6 Å². The number of hydrogen-bond acceptors (Lipinski definition) is 9. The van der Waals surface area contributed by atoms with Crippen molar-refractivity contribution in [2.24, 2.45) is 5.10 Å². The fraction of sp³-hybridized carbons (Fsp3) is 0.391. The molecule has 2 N–H and O–H groups in total. The van der Waals surface area contributed by atoms with Gasteiger partial charge in [0.2, 0.25) is 10.0 Å². The quantitative estimate of drug-likeness (QED) is 0.217. The van der Waals surface area contributed by atoms with Gasteiger partial charge in [0.25, 0.3) is 5.69 Å². The first-order valence-electron chi connectivity index (χ1n) is 11.8. The molecule has 12 nitrogen and oxygen atoms in total. The zero-order valence-electron chi connectivity index (χ0n) is 20.6. The molecule has 38 heavy (non-hydrogen) atoms. The molecule has 0 bridgehead atoms. The highest BCUT2D eigenvalue weighted by Crippen LogP contribution is 2.31. The average molecular weight is 583 g/mol. The van der Waals surface area contributed by atoms with Gasteiger partial charge in [-0.05, 0) is 43.4 Å². The third-order valence-electron chi connectivity index (χ3n) is 6.06. The molecular weight excluding hydrogens is 556 g/mol. The molecule has 0 unspecified atom stereocenters. The van der Waals surface area contributed by atoms with Crippen LogP contribution in [0.3, 0.4) is 0 Å². The summed E-state index contributed by atoms with van der Waals surface area (Å²) >= 11 is 11.3. The van der Waals surface area contributed by atoms with Crippen LogP contribution in [0.2, 0.25) is 5.02 Å². The zero-order chi connectivity index (χ0) is 27.3.